The third-order valence-corrected chi connectivity index (χ3v) is 7.64. The maximum atomic E-state index is 5.79. The lowest BCUT2D eigenvalue weighted by molar-refractivity contribution is 0.122. The topological polar surface area (TPSA) is 51.0 Å². The van der Waals surface area contributed by atoms with Crippen molar-refractivity contribution in [3.8, 4) is 17.0 Å². The van der Waals surface area contributed by atoms with E-state index in [0.29, 0.717) is 6.04 Å². The number of amidine groups is 1. The van der Waals surface area contributed by atoms with Crippen molar-refractivity contribution < 1.29 is 9.47 Å². The van der Waals surface area contributed by atoms with Gasteiger partial charge in [-0.3, -0.25) is 0 Å². The number of nitrogens with one attached hydrogen (secondary N) is 1. The van der Waals surface area contributed by atoms with E-state index >= 15 is 0 Å². The van der Waals surface area contributed by atoms with Crippen molar-refractivity contribution in [1.29, 1.82) is 0 Å². The summed E-state index contributed by atoms with van der Waals surface area (Å²) in [6, 6.07) is 19.9. The van der Waals surface area contributed by atoms with Crippen LogP contribution in [0, 0.1) is 0 Å². The van der Waals surface area contributed by atoms with Crippen molar-refractivity contribution in [2.45, 2.75) is 58.9 Å². The highest BCUT2D eigenvalue weighted by molar-refractivity contribution is 5.97. The fraction of sp³-hybridized carbons (Fsp3) is 0.424. The van der Waals surface area contributed by atoms with Gasteiger partial charge in [0.15, 0.2) is 0 Å². The Balaban J connectivity index is 1.53. The average Bonchev–Trinajstić information content (AvgIpc) is 3.31. The molecular formula is C33H42N4O2. The van der Waals surface area contributed by atoms with Crippen molar-refractivity contribution in [3.05, 3.63) is 65.7 Å². The lowest BCUT2D eigenvalue weighted by Crippen LogP contribution is -2.36. The van der Waals surface area contributed by atoms with Crippen LogP contribution in [0.4, 0.5) is 17.2 Å². The van der Waals surface area contributed by atoms with Crippen molar-refractivity contribution in [2.24, 2.45) is 4.99 Å². The first kappa shape index (κ1) is 27.1. The summed E-state index contributed by atoms with van der Waals surface area (Å²) in [5.74, 6) is 2.67. The Morgan fingerprint density at radius 2 is 1.72 bits per heavy atom. The largest absolute Gasteiger partial charge is 0.494 e. The number of nitrogens with zero attached hydrogens (tertiary/aromatic N) is 3. The number of ether oxygens (including phenoxy) is 2. The molecule has 6 heteroatoms. The number of rotatable bonds is 7. The number of hydrogen-bond acceptors (Lipinski definition) is 4. The van der Waals surface area contributed by atoms with Crippen LogP contribution in [0.5, 0.6) is 5.75 Å². The molecule has 1 saturated carbocycles. The molecule has 1 N–H and O–H groups in total. The second-order valence-corrected chi connectivity index (χ2v) is 10.9. The summed E-state index contributed by atoms with van der Waals surface area (Å²) in [5.41, 5.74) is 6.97. The van der Waals surface area contributed by atoms with Gasteiger partial charge >= 0.3 is 0 Å². The predicted octanol–water partition coefficient (Wildman–Crippen LogP) is 8.09. The standard InChI is InChI=1S/C33H42N4O2/c1-24(2)21-27-22-31(26-11-7-5-8-12-26)37(28-13-9-6-10-14-28)33(27)35-25(3)34-30-16-15-29(23-32(30)38-4)36-17-19-39-20-18-36/h5,7-8,11-12,15-16,21-23,28H,6,9-10,13-14,17-20H2,1-4H3,(H,34,35). The van der Waals surface area contributed by atoms with Gasteiger partial charge in [-0.25, -0.2) is 4.99 Å². The zero-order valence-electron chi connectivity index (χ0n) is 23.9. The zero-order valence-corrected chi connectivity index (χ0v) is 23.9. The number of morpholine rings is 1. The Morgan fingerprint density at radius 1 is 0.974 bits per heavy atom. The Bertz CT molecular complexity index is 1310. The molecule has 3 aromatic rings. The first-order valence-electron chi connectivity index (χ1n) is 14.3. The van der Waals surface area contributed by atoms with Gasteiger partial charge in [0.1, 0.15) is 17.4 Å². The second kappa shape index (κ2) is 12.6. The molecule has 1 aromatic heterocycles. The van der Waals surface area contributed by atoms with Crippen LogP contribution in [0.3, 0.4) is 0 Å². The number of aromatic nitrogens is 1. The molecule has 2 fully saturated rings. The maximum absolute atomic E-state index is 5.79. The van der Waals surface area contributed by atoms with Gasteiger partial charge in [0.2, 0.25) is 0 Å². The summed E-state index contributed by atoms with van der Waals surface area (Å²) in [5, 5.41) is 3.55. The molecule has 0 spiro atoms. The Hall–Kier alpha value is -3.51. The minimum absolute atomic E-state index is 0.446. The molecule has 0 bridgehead atoms. The molecule has 206 valence electrons. The molecule has 6 nitrogen and oxygen atoms in total. The summed E-state index contributed by atoms with van der Waals surface area (Å²) in [6.07, 6.45) is 8.49. The highest BCUT2D eigenvalue weighted by Crippen LogP contribution is 2.41. The Labute approximate surface area is 233 Å². The SMILES string of the molecule is COc1cc(N2CCOCC2)ccc1N/C(C)=N/c1c(C=C(C)C)cc(-c2ccccc2)n1C1CCCCC1. The molecule has 0 amide bonds. The lowest BCUT2D eigenvalue weighted by Gasteiger charge is -2.29. The Morgan fingerprint density at radius 3 is 2.41 bits per heavy atom. The number of hydrogen-bond donors (Lipinski definition) is 1. The summed E-state index contributed by atoms with van der Waals surface area (Å²) in [7, 11) is 1.73. The van der Waals surface area contributed by atoms with Crippen molar-refractivity contribution in [3.63, 3.8) is 0 Å². The maximum Gasteiger partial charge on any atom is 0.144 e. The van der Waals surface area contributed by atoms with Gasteiger partial charge in [-0.05, 0) is 57.4 Å². The fourth-order valence-corrected chi connectivity index (χ4v) is 5.79. The van der Waals surface area contributed by atoms with Crippen LogP contribution in [-0.4, -0.2) is 43.8 Å². The summed E-state index contributed by atoms with van der Waals surface area (Å²) in [6.45, 7) is 9.65. The monoisotopic (exact) mass is 526 g/mol. The highest BCUT2D eigenvalue weighted by Gasteiger charge is 2.24. The number of aliphatic imine (C=N–C) groups is 1. The molecule has 1 aliphatic carbocycles. The number of benzene rings is 2. The molecule has 1 saturated heterocycles. The van der Waals surface area contributed by atoms with Crippen LogP contribution >= 0.6 is 0 Å². The van der Waals surface area contributed by atoms with E-state index in [2.05, 4.69) is 89.3 Å². The van der Waals surface area contributed by atoms with E-state index in [1.54, 1.807) is 7.11 Å². The number of anilines is 2. The molecular weight excluding hydrogens is 484 g/mol. The number of methoxy groups -OCH3 is 1. The van der Waals surface area contributed by atoms with E-state index in [1.807, 2.05) is 6.92 Å². The van der Waals surface area contributed by atoms with Gasteiger partial charge in [0, 0.05) is 36.4 Å². The van der Waals surface area contributed by atoms with Crippen molar-refractivity contribution in [1.82, 2.24) is 4.57 Å². The van der Waals surface area contributed by atoms with Crippen molar-refractivity contribution in [2.75, 3.05) is 43.6 Å². The first-order valence-corrected chi connectivity index (χ1v) is 14.3. The highest BCUT2D eigenvalue weighted by atomic mass is 16.5. The molecule has 2 aliphatic rings. The smallest absolute Gasteiger partial charge is 0.144 e. The molecule has 1 aliphatic heterocycles. The molecule has 5 rings (SSSR count). The first-order chi connectivity index (χ1) is 19.0. The summed E-state index contributed by atoms with van der Waals surface area (Å²) in [4.78, 5) is 7.60. The molecule has 0 atom stereocenters. The van der Waals surface area contributed by atoms with E-state index in [9.17, 15) is 0 Å². The molecule has 0 radical (unpaired) electrons. The minimum Gasteiger partial charge on any atom is -0.494 e. The van der Waals surface area contributed by atoms with E-state index in [4.69, 9.17) is 14.5 Å². The normalized spacial score (nSPS) is 16.7. The molecule has 39 heavy (non-hydrogen) atoms. The average molecular weight is 527 g/mol. The van der Waals surface area contributed by atoms with E-state index in [-0.39, 0.29) is 0 Å². The van der Waals surface area contributed by atoms with Crippen LogP contribution in [-0.2, 0) is 4.74 Å². The zero-order chi connectivity index (χ0) is 27.2. The van der Waals surface area contributed by atoms with Crippen LogP contribution in [0.1, 0.15) is 64.5 Å². The fourth-order valence-electron chi connectivity index (χ4n) is 5.79. The molecule has 2 aromatic carbocycles. The van der Waals surface area contributed by atoms with E-state index in [1.165, 1.54) is 48.9 Å². The van der Waals surface area contributed by atoms with E-state index in [0.717, 1.165) is 60.6 Å². The quantitative estimate of drug-likeness (QED) is 0.250. The lowest BCUT2D eigenvalue weighted by atomic mass is 9.95. The van der Waals surface area contributed by atoms with Gasteiger partial charge in [-0.1, -0.05) is 61.2 Å². The Kier molecular flexibility index (Phi) is 8.72. The van der Waals surface area contributed by atoms with Crippen LogP contribution in [0.15, 0.2) is 65.2 Å². The van der Waals surface area contributed by atoms with E-state index < -0.39 is 0 Å². The second-order valence-electron chi connectivity index (χ2n) is 10.9. The van der Waals surface area contributed by atoms with Gasteiger partial charge < -0.3 is 24.3 Å². The van der Waals surface area contributed by atoms with Crippen molar-refractivity contribution >= 4 is 29.1 Å². The summed E-state index contributed by atoms with van der Waals surface area (Å²) >= 11 is 0. The third kappa shape index (κ3) is 6.39. The number of allylic oxidation sites excluding steroid dienone is 1. The van der Waals surface area contributed by atoms with Crippen LogP contribution < -0.4 is 15.0 Å². The predicted molar refractivity (Wildman–Crippen MR) is 164 cm³/mol. The van der Waals surface area contributed by atoms with Gasteiger partial charge in [0.05, 0.1) is 31.7 Å². The molecule has 0 unspecified atom stereocenters. The molecule has 2 heterocycles. The van der Waals surface area contributed by atoms with Gasteiger partial charge in [0.25, 0.3) is 0 Å². The minimum atomic E-state index is 0.446. The van der Waals surface area contributed by atoms with Crippen LogP contribution in [0.25, 0.3) is 17.3 Å². The van der Waals surface area contributed by atoms with Crippen LogP contribution in [0.2, 0.25) is 0 Å². The van der Waals surface area contributed by atoms with Gasteiger partial charge in [-0.2, -0.15) is 0 Å². The summed E-state index contributed by atoms with van der Waals surface area (Å²) < 4.78 is 13.8. The third-order valence-electron chi connectivity index (χ3n) is 7.64. The van der Waals surface area contributed by atoms with Gasteiger partial charge in [-0.15, -0.1) is 0 Å².